The maximum absolute atomic E-state index is 14.9. The Labute approximate surface area is 474 Å². The van der Waals surface area contributed by atoms with E-state index >= 15 is 0 Å². The largest absolute Gasteiger partial charge is 0.370 e. The minimum absolute atomic E-state index is 0.0109. The Morgan fingerprint density at radius 2 is 0.915 bits per heavy atom. The molecule has 82 heavy (non-hydrogen) atoms. The number of aromatic nitrogens is 4. The number of H-pyrrole nitrogens is 3. The van der Waals surface area contributed by atoms with Gasteiger partial charge in [-0.15, -0.1) is 0 Å². The summed E-state index contributed by atoms with van der Waals surface area (Å²) in [5, 5.41) is 21.1. The molecule has 3 aromatic heterocycles. The summed E-state index contributed by atoms with van der Waals surface area (Å²) >= 11 is 0. The van der Waals surface area contributed by atoms with E-state index in [9.17, 15) is 38.4 Å². The summed E-state index contributed by atoms with van der Waals surface area (Å²) in [6, 6.07) is 15.1. The standard InChI is InChI=1S/C57H77N17O8/c1-34(75)68-49(29-38-32-63-33-67-38)56(82)71-45(22-13-25-64-57(61)62)52(78)69-43(20-9-11-23-58)51(77)70-44(21-10-12-24-59)53(79)74-48(28-37-31-66-42-19-8-6-17-40(37)42)55(81)73-47(26-35-14-3-2-4-15-35)54(80)72-46(50(60)76)27-36-30-65-41-18-7-5-16-39(36)41/h2-8,14-19,30-33,43-49,65-66H,9-13,20-29,58-59H2,1H3,(H2,60,76)(H,63,67)(H,68,75)(H,69,78)(H,70,77)(H,71,82)(H,72,80)(H,73,81)(H,74,79)(H4,61,62,64)/t43-,44-,45-,46-,47-,48-,49-/m0/s1. The number of fused-ring (bicyclic) bond motifs is 2. The predicted octanol–water partition coefficient (Wildman–Crippen LogP) is -0.147. The van der Waals surface area contributed by atoms with E-state index in [2.05, 4.69) is 62.1 Å². The lowest BCUT2D eigenvalue weighted by molar-refractivity contribution is -0.135. The number of guanidine groups is 1. The van der Waals surface area contributed by atoms with Crippen LogP contribution >= 0.6 is 0 Å². The number of benzene rings is 3. The van der Waals surface area contributed by atoms with Crippen molar-refractivity contribution in [3.05, 3.63) is 126 Å². The number of aliphatic imine (C=N–C) groups is 1. The first-order chi connectivity index (χ1) is 39.5. The first-order valence-electron chi connectivity index (χ1n) is 27.5. The lowest BCUT2D eigenvalue weighted by Crippen LogP contribution is -2.60. The van der Waals surface area contributed by atoms with Crippen LogP contribution in [0.5, 0.6) is 0 Å². The average Bonchev–Trinajstić information content (AvgIpc) is 4.25. The Balaban J connectivity index is 1.26. The number of nitrogens with one attached hydrogen (secondary N) is 10. The van der Waals surface area contributed by atoms with E-state index in [1.54, 1.807) is 42.7 Å². The van der Waals surface area contributed by atoms with Gasteiger partial charge in [0.25, 0.3) is 0 Å². The fourth-order valence-electron chi connectivity index (χ4n) is 9.53. The van der Waals surface area contributed by atoms with Gasteiger partial charge in [0.05, 0.1) is 6.33 Å². The summed E-state index contributed by atoms with van der Waals surface area (Å²) < 4.78 is 0. The molecule has 0 bridgehead atoms. The number of para-hydroxylation sites is 2. The van der Waals surface area contributed by atoms with Gasteiger partial charge in [-0.2, -0.15) is 0 Å². The molecule has 8 amide bonds. The van der Waals surface area contributed by atoms with Crippen LogP contribution in [0.25, 0.3) is 21.8 Å². The fourth-order valence-corrected chi connectivity index (χ4v) is 9.53. The second-order valence-corrected chi connectivity index (χ2v) is 20.1. The number of carbonyl (C=O) groups is 8. The lowest BCUT2D eigenvalue weighted by atomic mass is 10.00. The van der Waals surface area contributed by atoms with E-state index in [1.807, 2.05) is 48.5 Å². The highest BCUT2D eigenvalue weighted by molar-refractivity contribution is 5.98. The number of primary amides is 1. The third-order valence-corrected chi connectivity index (χ3v) is 13.8. The van der Waals surface area contributed by atoms with Crippen molar-refractivity contribution >= 4 is 75.0 Å². The van der Waals surface area contributed by atoms with Gasteiger partial charge in [0.1, 0.15) is 42.3 Å². The van der Waals surface area contributed by atoms with Crippen LogP contribution in [0.2, 0.25) is 0 Å². The van der Waals surface area contributed by atoms with Crippen molar-refractivity contribution in [2.24, 2.45) is 33.7 Å². The number of imidazole rings is 1. The van der Waals surface area contributed by atoms with Crippen molar-refractivity contribution in [1.82, 2.24) is 57.2 Å². The molecule has 0 unspecified atom stereocenters. The van der Waals surface area contributed by atoms with Crippen molar-refractivity contribution in [2.45, 2.75) is 126 Å². The van der Waals surface area contributed by atoms with Crippen molar-refractivity contribution in [1.29, 1.82) is 0 Å². The van der Waals surface area contributed by atoms with Crippen molar-refractivity contribution in [3.8, 4) is 0 Å². The van der Waals surface area contributed by atoms with Crippen LogP contribution in [0.1, 0.15) is 80.7 Å². The van der Waals surface area contributed by atoms with Crippen LogP contribution in [-0.4, -0.2) is 135 Å². The molecular formula is C57H77N17O8. The second kappa shape index (κ2) is 31.6. The Bertz CT molecular complexity index is 3100. The first-order valence-corrected chi connectivity index (χ1v) is 27.5. The third-order valence-electron chi connectivity index (χ3n) is 13.8. The van der Waals surface area contributed by atoms with Gasteiger partial charge in [-0.3, -0.25) is 43.3 Å². The fraction of sp³-hybridized carbons (Fsp3) is 0.404. The number of hydrogen-bond donors (Lipinski definition) is 15. The Hall–Kier alpha value is -9.10. The zero-order valence-electron chi connectivity index (χ0n) is 46.0. The van der Waals surface area contributed by atoms with Gasteiger partial charge in [-0.25, -0.2) is 4.98 Å². The van der Waals surface area contributed by atoms with Crippen molar-refractivity contribution in [2.75, 3.05) is 19.6 Å². The quantitative estimate of drug-likeness (QED) is 0.0142. The van der Waals surface area contributed by atoms with E-state index in [1.165, 1.54) is 19.4 Å². The van der Waals surface area contributed by atoms with E-state index in [0.717, 1.165) is 27.4 Å². The molecule has 3 aromatic carbocycles. The number of aromatic amines is 3. The van der Waals surface area contributed by atoms with Crippen LogP contribution in [0.15, 0.2) is 109 Å². The first kappa shape index (κ1) is 62.1. The van der Waals surface area contributed by atoms with E-state index in [4.69, 9.17) is 28.7 Å². The summed E-state index contributed by atoms with van der Waals surface area (Å²) in [4.78, 5) is 130. The maximum Gasteiger partial charge on any atom is 0.243 e. The van der Waals surface area contributed by atoms with Crippen LogP contribution in [0.4, 0.5) is 0 Å². The van der Waals surface area contributed by atoms with E-state index in [0.29, 0.717) is 42.5 Å². The topological polar surface area (TPSA) is 423 Å². The summed E-state index contributed by atoms with van der Waals surface area (Å²) in [5.41, 5.74) is 33.0. The molecule has 20 N–H and O–H groups in total. The van der Waals surface area contributed by atoms with E-state index < -0.39 is 89.6 Å². The molecule has 0 saturated carbocycles. The van der Waals surface area contributed by atoms with Crippen molar-refractivity contribution < 1.29 is 38.4 Å². The number of unbranched alkanes of at least 4 members (excludes halogenated alkanes) is 2. The smallest absolute Gasteiger partial charge is 0.243 e. The second-order valence-electron chi connectivity index (χ2n) is 20.1. The summed E-state index contributed by atoms with van der Waals surface area (Å²) in [6.45, 7) is 1.91. The number of rotatable bonds is 34. The van der Waals surface area contributed by atoms with Gasteiger partial charge in [0.15, 0.2) is 5.96 Å². The predicted molar refractivity (Wildman–Crippen MR) is 311 cm³/mol. The lowest BCUT2D eigenvalue weighted by Gasteiger charge is -2.28. The normalized spacial score (nSPS) is 13.7. The molecule has 0 aliphatic heterocycles. The number of amides is 8. The molecule has 0 spiro atoms. The van der Waals surface area contributed by atoms with E-state index in [-0.39, 0.29) is 77.0 Å². The van der Waals surface area contributed by atoms with Crippen LogP contribution in [0, 0.1) is 0 Å². The highest BCUT2D eigenvalue weighted by Crippen LogP contribution is 2.21. The van der Waals surface area contributed by atoms with Gasteiger partial charge >= 0.3 is 0 Å². The zero-order valence-corrected chi connectivity index (χ0v) is 46.0. The molecule has 6 rings (SSSR count). The third kappa shape index (κ3) is 19.0. The number of nitrogens with zero attached hydrogens (tertiary/aromatic N) is 2. The molecule has 0 saturated heterocycles. The molecule has 25 nitrogen and oxygen atoms in total. The summed E-state index contributed by atoms with van der Waals surface area (Å²) in [5.74, 6) is -5.85. The zero-order chi connectivity index (χ0) is 59.0. The average molecular weight is 1130 g/mol. The van der Waals surface area contributed by atoms with Crippen LogP contribution < -0.4 is 65.9 Å². The molecule has 3 heterocycles. The molecule has 0 fully saturated rings. The van der Waals surface area contributed by atoms with Gasteiger partial charge in [0.2, 0.25) is 47.3 Å². The summed E-state index contributed by atoms with van der Waals surface area (Å²) in [7, 11) is 0. The number of hydrogen-bond acceptors (Lipinski definition) is 12. The van der Waals surface area contributed by atoms with Gasteiger partial charge < -0.3 is 80.8 Å². The van der Waals surface area contributed by atoms with Crippen LogP contribution in [-0.2, 0) is 64.0 Å². The van der Waals surface area contributed by atoms with Crippen molar-refractivity contribution in [3.63, 3.8) is 0 Å². The molecular weight excluding hydrogens is 1050 g/mol. The highest BCUT2D eigenvalue weighted by atomic mass is 16.2. The minimum Gasteiger partial charge on any atom is -0.370 e. The molecule has 438 valence electrons. The Morgan fingerprint density at radius 1 is 0.488 bits per heavy atom. The van der Waals surface area contributed by atoms with Gasteiger partial charge in [0, 0.05) is 85.2 Å². The molecule has 0 aliphatic carbocycles. The van der Waals surface area contributed by atoms with Gasteiger partial charge in [-0.05, 0) is 93.3 Å². The van der Waals surface area contributed by atoms with Crippen LogP contribution in [0.3, 0.4) is 0 Å². The maximum atomic E-state index is 14.9. The molecule has 7 atom stereocenters. The molecule has 25 heteroatoms. The molecule has 0 aliphatic rings. The van der Waals surface area contributed by atoms with Gasteiger partial charge in [-0.1, -0.05) is 66.7 Å². The monoisotopic (exact) mass is 1130 g/mol. The molecule has 0 radical (unpaired) electrons. The molecule has 6 aromatic rings. The SMILES string of the molecule is CC(=O)N[C@@H](Cc1cnc[nH]1)C(=O)N[C@@H](CCCN=C(N)N)C(=O)N[C@@H](CCCCN)C(=O)N[C@@H](CCCCN)C(=O)N[C@@H](Cc1c[nH]c2ccccc12)C(=O)N[C@@H](Cc1ccccc1)C(=O)N[C@@H](Cc1c[nH]c2ccccc12)C(N)=O. The highest BCUT2D eigenvalue weighted by Gasteiger charge is 2.35. The Morgan fingerprint density at radius 3 is 1.38 bits per heavy atom. The number of nitrogens with two attached hydrogens (primary N) is 5. The Kier molecular flexibility index (Phi) is 24.0. The summed E-state index contributed by atoms with van der Waals surface area (Å²) in [6.07, 6.45) is 8.43. The minimum atomic E-state index is -1.36. The number of carbonyl (C=O) groups excluding carboxylic acids is 8.